The predicted molar refractivity (Wildman–Crippen MR) is 133 cm³/mol. The third-order valence-electron chi connectivity index (χ3n) is 4.87. The number of aryl methyl sites for hydroxylation is 1. The minimum absolute atomic E-state index is 0.229. The molecule has 2 N–H and O–H groups in total. The summed E-state index contributed by atoms with van der Waals surface area (Å²) in [5.41, 5.74) is 4.63. The minimum atomic E-state index is -0.253. The Bertz CT molecular complexity index is 1290. The quantitative estimate of drug-likeness (QED) is 0.320. The van der Waals surface area contributed by atoms with Gasteiger partial charge in [-0.2, -0.15) is 0 Å². The van der Waals surface area contributed by atoms with E-state index in [1.807, 2.05) is 36.4 Å². The predicted octanol–water partition coefficient (Wildman–Crippen LogP) is 6.41. The van der Waals surface area contributed by atoms with Gasteiger partial charge in [0.2, 0.25) is 0 Å². The van der Waals surface area contributed by atoms with Crippen LogP contribution in [0.1, 0.15) is 34.3 Å². The lowest BCUT2D eigenvalue weighted by molar-refractivity contribution is 0.0977. The Kier molecular flexibility index (Phi) is 6.74. The second kappa shape index (κ2) is 9.69. The van der Waals surface area contributed by atoms with Gasteiger partial charge in [0.1, 0.15) is 5.52 Å². The molecule has 1 amide bonds. The van der Waals surface area contributed by atoms with Crippen molar-refractivity contribution in [1.82, 2.24) is 10.3 Å². The zero-order chi connectivity index (χ0) is 22.7. The average molecular weight is 484 g/mol. The highest BCUT2D eigenvalue weighted by Crippen LogP contribution is 2.29. The van der Waals surface area contributed by atoms with E-state index in [1.165, 1.54) is 5.56 Å². The SMILES string of the molecule is CCc1ccc(C(=O)NC(=S)Nc2ccc(Cc3nc4cc(Cl)cc(Cl)c4o3)cc2)cc1. The van der Waals surface area contributed by atoms with Crippen molar-refractivity contribution in [2.24, 2.45) is 0 Å². The Morgan fingerprint density at radius 2 is 1.72 bits per heavy atom. The number of oxazole rings is 1. The summed E-state index contributed by atoms with van der Waals surface area (Å²) in [5.74, 6) is 0.290. The van der Waals surface area contributed by atoms with Gasteiger partial charge in [-0.15, -0.1) is 0 Å². The molecule has 0 aliphatic rings. The maximum atomic E-state index is 12.3. The first kappa shape index (κ1) is 22.3. The molecular weight excluding hydrogens is 465 g/mol. The Morgan fingerprint density at radius 1 is 1.03 bits per heavy atom. The van der Waals surface area contributed by atoms with Gasteiger partial charge in [0.25, 0.3) is 5.91 Å². The van der Waals surface area contributed by atoms with E-state index in [2.05, 4.69) is 22.5 Å². The molecule has 0 aliphatic carbocycles. The van der Waals surface area contributed by atoms with Gasteiger partial charge in [-0.25, -0.2) is 4.98 Å². The third kappa shape index (κ3) is 5.27. The van der Waals surface area contributed by atoms with Gasteiger partial charge in [-0.1, -0.05) is 54.4 Å². The number of hydrogen-bond acceptors (Lipinski definition) is 4. The van der Waals surface area contributed by atoms with Crippen LogP contribution in [0.2, 0.25) is 10.0 Å². The van der Waals surface area contributed by atoms with Crippen LogP contribution in [0.25, 0.3) is 11.1 Å². The summed E-state index contributed by atoms with van der Waals surface area (Å²) < 4.78 is 5.77. The molecule has 32 heavy (non-hydrogen) atoms. The summed E-state index contributed by atoms with van der Waals surface area (Å²) in [6, 6.07) is 18.4. The fraction of sp³-hybridized carbons (Fsp3) is 0.125. The highest BCUT2D eigenvalue weighted by atomic mass is 35.5. The molecule has 4 rings (SSSR count). The van der Waals surface area contributed by atoms with E-state index >= 15 is 0 Å². The number of rotatable bonds is 5. The summed E-state index contributed by atoms with van der Waals surface area (Å²) in [6.45, 7) is 2.07. The molecule has 3 aromatic carbocycles. The third-order valence-corrected chi connectivity index (χ3v) is 5.58. The van der Waals surface area contributed by atoms with Crippen molar-refractivity contribution >= 4 is 63.2 Å². The fourth-order valence-corrected chi connectivity index (χ4v) is 3.92. The largest absolute Gasteiger partial charge is 0.439 e. The zero-order valence-corrected chi connectivity index (χ0v) is 19.4. The van der Waals surface area contributed by atoms with Gasteiger partial charge in [-0.05, 0) is 66.2 Å². The number of benzene rings is 3. The summed E-state index contributed by atoms with van der Waals surface area (Å²) in [5, 5.41) is 6.89. The highest BCUT2D eigenvalue weighted by molar-refractivity contribution is 7.80. The van der Waals surface area contributed by atoms with Gasteiger partial charge in [0.15, 0.2) is 16.6 Å². The van der Waals surface area contributed by atoms with Gasteiger partial charge >= 0.3 is 0 Å². The molecule has 8 heteroatoms. The molecule has 1 aromatic heterocycles. The van der Waals surface area contributed by atoms with Crippen LogP contribution in [0, 0.1) is 0 Å². The van der Waals surface area contributed by atoms with Gasteiger partial charge < -0.3 is 9.73 Å². The Hall–Kier alpha value is -2.93. The first-order chi connectivity index (χ1) is 15.4. The smallest absolute Gasteiger partial charge is 0.257 e. The van der Waals surface area contributed by atoms with Crippen LogP contribution in [-0.2, 0) is 12.8 Å². The number of amides is 1. The number of aromatic nitrogens is 1. The van der Waals surface area contributed by atoms with Crippen LogP contribution in [0.3, 0.4) is 0 Å². The standard InChI is InChI=1S/C24H19Cl2N3O2S/c1-2-14-3-7-16(8-4-14)23(30)29-24(32)27-18-9-5-15(6-10-18)11-21-28-20-13-17(25)12-19(26)22(20)31-21/h3-10,12-13H,2,11H2,1H3,(H2,27,29,30,32). The van der Waals surface area contributed by atoms with Crippen molar-refractivity contribution in [3.63, 3.8) is 0 Å². The molecule has 0 radical (unpaired) electrons. The van der Waals surface area contributed by atoms with Crippen molar-refractivity contribution < 1.29 is 9.21 Å². The van der Waals surface area contributed by atoms with Crippen LogP contribution in [0.15, 0.2) is 65.1 Å². The molecule has 0 aliphatic heterocycles. The van der Waals surface area contributed by atoms with Crippen LogP contribution in [0.5, 0.6) is 0 Å². The van der Waals surface area contributed by atoms with Crippen molar-refractivity contribution in [2.75, 3.05) is 5.32 Å². The molecule has 4 aromatic rings. The number of nitrogens with zero attached hydrogens (tertiary/aromatic N) is 1. The summed E-state index contributed by atoms with van der Waals surface area (Å²) in [7, 11) is 0. The van der Waals surface area contributed by atoms with Crippen LogP contribution in [-0.4, -0.2) is 16.0 Å². The van der Waals surface area contributed by atoms with E-state index in [-0.39, 0.29) is 11.0 Å². The van der Waals surface area contributed by atoms with Crippen LogP contribution < -0.4 is 10.6 Å². The number of halogens is 2. The van der Waals surface area contributed by atoms with E-state index in [0.29, 0.717) is 39.0 Å². The fourth-order valence-electron chi connectivity index (χ4n) is 3.19. The maximum absolute atomic E-state index is 12.3. The minimum Gasteiger partial charge on any atom is -0.439 e. The number of anilines is 1. The Balaban J connectivity index is 1.36. The van der Waals surface area contributed by atoms with E-state index in [4.69, 9.17) is 39.8 Å². The first-order valence-corrected chi connectivity index (χ1v) is 11.1. The topological polar surface area (TPSA) is 67.2 Å². The zero-order valence-electron chi connectivity index (χ0n) is 17.1. The number of fused-ring (bicyclic) bond motifs is 1. The summed E-state index contributed by atoms with van der Waals surface area (Å²) in [6.07, 6.45) is 1.42. The van der Waals surface area contributed by atoms with E-state index in [0.717, 1.165) is 17.7 Å². The number of thiocarbonyl (C=S) groups is 1. The molecular formula is C24H19Cl2N3O2S. The van der Waals surface area contributed by atoms with Crippen molar-refractivity contribution in [1.29, 1.82) is 0 Å². The molecule has 162 valence electrons. The van der Waals surface area contributed by atoms with Gasteiger partial charge in [0.05, 0.1) is 5.02 Å². The van der Waals surface area contributed by atoms with Crippen LogP contribution in [0.4, 0.5) is 5.69 Å². The average Bonchev–Trinajstić information content (AvgIpc) is 3.17. The van der Waals surface area contributed by atoms with Crippen LogP contribution >= 0.6 is 35.4 Å². The first-order valence-electron chi connectivity index (χ1n) is 9.96. The molecule has 0 saturated heterocycles. The molecule has 5 nitrogen and oxygen atoms in total. The monoisotopic (exact) mass is 483 g/mol. The number of nitrogens with one attached hydrogen (secondary N) is 2. The van der Waals surface area contributed by atoms with E-state index < -0.39 is 0 Å². The molecule has 0 spiro atoms. The lowest BCUT2D eigenvalue weighted by atomic mass is 10.1. The number of hydrogen-bond donors (Lipinski definition) is 2. The maximum Gasteiger partial charge on any atom is 0.257 e. The molecule has 0 fully saturated rings. The molecule has 1 heterocycles. The lowest BCUT2D eigenvalue weighted by Crippen LogP contribution is -2.34. The second-order valence-corrected chi connectivity index (χ2v) is 8.43. The second-order valence-electron chi connectivity index (χ2n) is 7.18. The Labute approximate surface area is 200 Å². The van der Waals surface area contributed by atoms with Crippen molar-refractivity contribution in [2.45, 2.75) is 19.8 Å². The molecule has 0 saturated carbocycles. The number of carbonyl (C=O) groups excluding carboxylic acids is 1. The highest BCUT2D eigenvalue weighted by Gasteiger charge is 2.12. The molecule has 0 unspecified atom stereocenters. The molecule has 0 bridgehead atoms. The van der Waals surface area contributed by atoms with E-state index in [9.17, 15) is 4.79 Å². The normalized spacial score (nSPS) is 10.8. The number of carbonyl (C=O) groups is 1. The van der Waals surface area contributed by atoms with Gasteiger partial charge in [0, 0.05) is 22.7 Å². The van der Waals surface area contributed by atoms with Gasteiger partial charge in [-0.3, -0.25) is 10.1 Å². The van der Waals surface area contributed by atoms with Crippen molar-refractivity contribution in [3.8, 4) is 0 Å². The Morgan fingerprint density at radius 3 is 2.41 bits per heavy atom. The summed E-state index contributed by atoms with van der Waals surface area (Å²) in [4.78, 5) is 16.8. The van der Waals surface area contributed by atoms with Crippen molar-refractivity contribution in [3.05, 3.63) is 93.3 Å². The molecule has 0 atom stereocenters. The lowest BCUT2D eigenvalue weighted by Gasteiger charge is -2.10. The van der Waals surface area contributed by atoms with E-state index in [1.54, 1.807) is 24.3 Å². The summed E-state index contributed by atoms with van der Waals surface area (Å²) >= 11 is 17.5.